The predicted octanol–water partition coefficient (Wildman–Crippen LogP) is -0.481. The van der Waals surface area contributed by atoms with Gasteiger partial charge in [0.15, 0.2) is 5.16 Å². The number of hydrogen-bond acceptors (Lipinski definition) is 5. The second-order valence-corrected chi connectivity index (χ2v) is 4.11. The fourth-order valence-corrected chi connectivity index (χ4v) is 2.06. The summed E-state index contributed by atoms with van der Waals surface area (Å²) < 4.78 is 1.41. The highest BCUT2D eigenvalue weighted by atomic mass is 32.2. The number of rotatable bonds is 6. The van der Waals surface area contributed by atoms with Gasteiger partial charge in [0, 0.05) is 12.3 Å². The van der Waals surface area contributed by atoms with Crippen molar-refractivity contribution in [3.05, 3.63) is 10.5 Å². The maximum Gasteiger partial charge on any atom is 0.343 e. The number of aromatic amines is 1. The molecule has 0 saturated carbocycles. The molecule has 0 bridgehead atoms. The van der Waals surface area contributed by atoms with E-state index in [-0.39, 0.29) is 17.9 Å². The number of aromatic nitrogens is 3. The van der Waals surface area contributed by atoms with Gasteiger partial charge in [-0.3, -0.25) is 9.36 Å². The van der Waals surface area contributed by atoms with Gasteiger partial charge in [-0.1, -0.05) is 11.8 Å². The van der Waals surface area contributed by atoms with Crippen LogP contribution in [0.4, 0.5) is 0 Å². The van der Waals surface area contributed by atoms with Crippen LogP contribution in [0.2, 0.25) is 0 Å². The van der Waals surface area contributed by atoms with Gasteiger partial charge >= 0.3 is 11.7 Å². The van der Waals surface area contributed by atoms with Crippen molar-refractivity contribution in [3.63, 3.8) is 0 Å². The molecule has 1 aromatic heterocycles. The fourth-order valence-electron chi connectivity index (χ4n) is 1.12. The molecule has 0 aliphatic heterocycles. The van der Waals surface area contributed by atoms with E-state index in [1.807, 2.05) is 0 Å². The summed E-state index contributed by atoms with van der Waals surface area (Å²) in [5.74, 6) is -0.862. The second-order valence-electron chi connectivity index (χ2n) is 3.12. The highest BCUT2D eigenvalue weighted by Gasteiger charge is 2.13. The molecule has 8 heteroatoms. The first-order valence-corrected chi connectivity index (χ1v) is 5.71. The smallest absolute Gasteiger partial charge is 0.343 e. The molecule has 0 aromatic carbocycles. The van der Waals surface area contributed by atoms with E-state index in [2.05, 4.69) is 10.2 Å². The van der Waals surface area contributed by atoms with Crippen LogP contribution in [-0.2, 0) is 11.3 Å². The summed E-state index contributed by atoms with van der Waals surface area (Å²) in [6, 6.07) is 0. The third kappa shape index (κ3) is 3.38. The minimum atomic E-state index is -1.05. The molecule has 0 amide bonds. The molecule has 1 atom stereocenters. The number of aliphatic carboxylic acids is 1. The molecule has 0 spiro atoms. The van der Waals surface area contributed by atoms with Crippen LogP contribution in [-0.4, -0.2) is 42.8 Å². The average molecular weight is 247 g/mol. The molecule has 90 valence electrons. The average Bonchev–Trinajstić information content (AvgIpc) is 2.55. The Kier molecular flexibility index (Phi) is 4.56. The quantitative estimate of drug-likeness (QED) is 0.586. The first-order valence-electron chi connectivity index (χ1n) is 4.72. The molecule has 16 heavy (non-hydrogen) atoms. The maximum absolute atomic E-state index is 11.2. The van der Waals surface area contributed by atoms with Crippen LogP contribution in [0, 0.1) is 0 Å². The van der Waals surface area contributed by atoms with Gasteiger partial charge in [0.05, 0.1) is 12.5 Å². The van der Waals surface area contributed by atoms with Crippen molar-refractivity contribution in [3.8, 4) is 0 Å². The summed E-state index contributed by atoms with van der Waals surface area (Å²) in [5.41, 5.74) is -0.308. The Bertz CT molecular complexity index is 414. The summed E-state index contributed by atoms with van der Waals surface area (Å²) in [4.78, 5) is 21.5. The van der Waals surface area contributed by atoms with Crippen molar-refractivity contribution >= 4 is 17.7 Å². The van der Waals surface area contributed by atoms with Crippen LogP contribution in [0.1, 0.15) is 13.3 Å². The van der Waals surface area contributed by atoms with E-state index in [9.17, 15) is 14.7 Å². The second kappa shape index (κ2) is 5.71. The molecule has 0 aliphatic rings. The predicted molar refractivity (Wildman–Crippen MR) is 57.5 cm³/mol. The van der Waals surface area contributed by atoms with E-state index in [0.717, 1.165) is 11.8 Å². The third-order valence-electron chi connectivity index (χ3n) is 1.85. The Hall–Kier alpha value is -1.28. The topological polar surface area (TPSA) is 108 Å². The van der Waals surface area contributed by atoms with Crippen LogP contribution in [0.3, 0.4) is 0 Å². The Morgan fingerprint density at radius 1 is 1.69 bits per heavy atom. The minimum absolute atomic E-state index is 0.191. The highest BCUT2D eigenvalue weighted by molar-refractivity contribution is 7.99. The summed E-state index contributed by atoms with van der Waals surface area (Å²) in [6.45, 7) is 2.28. The molecule has 3 N–H and O–H groups in total. The number of thioether (sulfide) groups is 1. The third-order valence-corrected chi connectivity index (χ3v) is 2.98. The number of carboxylic acids is 1. The lowest BCUT2D eigenvalue weighted by Gasteiger charge is -2.06. The zero-order valence-electron chi connectivity index (χ0n) is 8.71. The largest absolute Gasteiger partial charge is 0.481 e. The van der Waals surface area contributed by atoms with Crippen molar-refractivity contribution in [1.29, 1.82) is 0 Å². The van der Waals surface area contributed by atoms with Gasteiger partial charge in [-0.25, -0.2) is 9.89 Å². The SMILES string of the molecule is CCn1c(SCC(O)CC(=O)O)n[nH]c1=O. The van der Waals surface area contributed by atoms with Crippen LogP contribution < -0.4 is 5.69 Å². The van der Waals surface area contributed by atoms with E-state index in [1.54, 1.807) is 6.92 Å². The van der Waals surface area contributed by atoms with Crippen molar-refractivity contribution < 1.29 is 15.0 Å². The summed E-state index contributed by atoms with van der Waals surface area (Å²) in [7, 11) is 0. The summed E-state index contributed by atoms with van der Waals surface area (Å²) >= 11 is 1.15. The molecule has 0 saturated heterocycles. The van der Waals surface area contributed by atoms with E-state index in [0.29, 0.717) is 11.7 Å². The van der Waals surface area contributed by atoms with Gasteiger partial charge in [-0.15, -0.1) is 5.10 Å². The summed E-state index contributed by atoms with van der Waals surface area (Å²) in [5, 5.41) is 24.3. The van der Waals surface area contributed by atoms with Gasteiger partial charge in [0.1, 0.15) is 0 Å². The van der Waals surface area contributed by atoms with Crippen LogP contribution in [0.25, 0.3) is 0 Å². The zero-order chi connectivity index (χ0) is 12.1. The van der Waals surface area contributed by atoms with Crippen molar-refractivity contribution in [2.24, 2.45) is 0 Å². The molecule has 0 fully saturated rings. The molecule has 1 heterocycles. The number of H-pyrrole nitrogens is 1. The lowest BCUT2D eigenvalue weighted by molar-refractivity contribution is -0.138. The number of hydrogen-bond donors (Lipinski definition) is 3. The highest BCUT2D eigenvalue weighted by Crippen LogP contribution is 2.15. The number of aliphatic hydroxyl groups excluding tert-OH is 1. The lowest BCUT2D eigenvalue weighted by Crippen LogP contribution is -2.18. The molecule has 1 unspecified atom stereocenters. The number of carboxylic acid groups (broad SMARTS) is 1. The first-order chi connectivity index (χ1) is 7.54. The summed E-state index contributed by atoms with van der Waals surface area (Å²) in [6.07, 6.45) is -1.26. The van der Waals surface area contributed by atoms with Crippen molar-refractivity contribution in [2.45, 2.75) is 31.1 Å². The van der Waals surface area contributed by atoms with E-state index in [4.69, 9.17) is 5.11 Å². The molecule has 0 aliphatic carbocycles. The van der Waals surface area contributed by atoms with E-state index >= 15 is 0 Å². The molecule has 7 nitrogen and oxygen atoms in total. The van der Waals surface area contributed by atoms with Crippen LogP contribution in [0.5, 0.6) is 0 Å². The monoisotopic (exact) mass is 247 g/mol. The Morgan fingerprint density at radius 3 is 2.94 bits per heavy atom. The Balaban J connectivity index is 2.54. The maximum atomic E-state index is 11.2. The van der Waals surface area contributed by atoms with Gasteiger partial charge in [-0.2, -0.15) is 0 Å². The van der Waals surface area contributed by atoms with E-state index < -0.39 is 12.1 Å². The lowest BCUT2D eigenvalue weighted by atomic mass is 10.3. The zero-order valence-corrected chi connectivity index (χ0v) is 9.53. The van der Waals surface area contributed by atoms with Crippen LogP contribution in [0.15, 0.2) is 9.95 Å². The number of nitrogens with zero attached hydrogens (tertiary/aromatic N) is 2. The normalized spacial score (nSPS) is 12.6. The molecule has 0 radical (unpaired) electrons. The standard InChI is InChI=1S/C8H13N3O4S/c1-2-11-7(15)9-10-8(11)16-4-5(12)3-6(13)14/h5,12H,2-4H2,1H3,(H,9,15)(H,13,14). The molecular weight excluding hydrogens is 234 g/mol. The number of nitrogens with one attached hydrogen (secondary N) is 1. The van der Waals surface area contributed by atoms with Gasteiger partial charge in [0.25, 0.3) is 0 Å². The van der Waals surface area contributed by atoms with Gasteiger partial charge < -0.3 is 10.2 Å². The number of aliphatic hydroxyl groups is 1. The molecule has 1 rings (SSSR count). The molecular formula is C8H13N3O4S. The van der Waals surface area contributed by atoms with Crippen LogP contribution >= 0.6 is 11.8 Å². The number of carbonyl (C=O) groups is 1. The Morgan fingerprint density at radius 2 is 2.38 bits per heavy atom. The van der Waals surface area contributed by atoms with Gasteiger partial charge in [-0.05, 0) is 6.92 Å². The fraction of sp³-hybridized carbons (Fsp3) is 0.625. The minimum Gasteiger partial charge on any atom is -0.481 e. The molecule has 1 aromatic rings. The van der Waals surface area contributed by atoms with E-state index in [1.165, 1.54) is 4.57 Å². The Labute approximate surface area is 95.5 Å². The first kappa shape index (κ1) is 12.8. The van der Waals surface area contributed by atoms with Gasteiger partial charge in [0.2, 0.25) is 0 Å². The van der Waals surface area contributed by atoms with Crippen molar-refractivity contribution in [2.75, 3.05) is 5.75 Å². The van der Waals surface area contributed by atoms with Crippen molar-refractivity contribution in [1.82, 2.24) is 14.8 Å².